The molecule has 2 aromatic rings. The highest BCUT2D eigenvalue weighted by atomic mass is 35.5. The van der Waals surface area contributed by atoms with E-state index in [1.807, 2.05) is 13.8 Å². The van der Waals surface area contributed by atoms with Crippen LogP contribution < -0.4 is 0 Å². The Hall–Kier alpha value is -1.82. The first-order chi connectivity index (χ1) is 8.95. The molecule has 0 spiro atoms. The maximum absolute atomic E-state index is 11.0. The Bertz CT molecular complexity index is 630. The van der Waals surface area contributed by atoms with Crippen molar-refractivity contribution in [2.75, 3.05) is 0 Å². The first-order valence-corrected chi connectivity index (χ1v) is 6.31. The standard InChI is InChI=1S/C12H15ClN4O2/c1-4-16-10(11(13)7(2)15-16)6-17-8(3)9(5-14-17)12(18)19/h5H,4,6H2,1-3H3,(H,18,19). The molecule has 1 N–H and O–H groups in total. The molecule has 0 atom stereocenters. The molecular formula is C12H15ClN4O2. The molecule has 7 heteroatoms. The van der Waals surface area contributed by atoms with E-state index in [-0.39, 0.29) is 5.56 Å². The van der Waals surface area contributed by atoms with Crippen molar-refractivity contribution in [2.24, 2.45) is 0 Å². The van der Waals surface area contributed by atoms with E-state index in [2.05, 4.69) is 10.2 Å². The monoisotopic (exact) mass is 282 g/mol. The smallest absolute Gasteiger partial charge is 0.339 e. The van der Waals surface area contributed by atoms with E-state index >= 15 is 0 Å². The van der Waals surface area contributed by atoms with Crippen molar-refractivity contribution in [3.05, 3.63) is 33.9 Å². The molecule has 0 aromatic carbocycles. The number of nitrogens with zero attached hydrogens (tertiary/aromatic N) is 4. The molecule has 6 nitrogen and oxygen atoms in total. The van der Waals surface area contributed by atoms with Crippen molar-refractivity contribution in [3.8, 4) is 0 Å². The van der Waals surface area contributed by atoms with Crippen LogP contribution in [-0.2, 0) is 13.1 Å². The fourth-order valence-corrected chi connectivity index (χ4v) is 2.17. The summed E-state index contributed by atoms with van der Waals surface area (Å²) < 4.78 is 3.43. The Kier molecular flexibility index (Phi) is 3.61. The molecule has 0 amide bonds. The van der Waals surface area contributed by atoms with Crippen molar-refractivity contribution in [1.82, 2.24) is 19.6 Å². The molecule has 0 saturated carbocycles. The van der Waals surface area contributed by atoms with E-state index in [1.54, 1.807) is 16.3 Å². The number of aryl methyl sites for hydroxylation is 2. The van der Waals surface area contributed by atoms with Gasteiger partial charge in [-0.3, -0.25) is 9.36 Å². The molecule has 2 rings (SSSR count). The van der Waals surface area contributed by atoms with Crippen molar-refractivity contribution >= 4 is 17.6 Å². The SMILES string of the molecule is CCn1nc(C)c(Cl)c1Cn1ncc(C(=O)O)c1C. The van der Waals surface area contributed by atoms with Crippen LogP contribution in [0.3, 0.4) is 0 Å². The van der Waals surface area contributed by atoms with Crippen molar-refractivity contribution in [3.63, 3.8) is 0 Å². The average molecular weight is 283 g/mol. The van der Waals surface area contributed by atoms with Crippen molar-refractivity contribution in [1.29, 1.82) is 0 Å². The van der Waals surface area contributed by atoms with Gasteiger partial charge < -0.3 is 5.11 Å². The van der Waals surface area contributed by atoms with Crippen LogP contribution in [0.2, 0.25) is 5.02 Å². The minimum atomic E-state index is -0.977. The summed E-state index contributed by atoms with van der Waals surface area (Å²) in [6, 6.07) is 0. The van der Waals surface area contributed by atoms with Gasteiger partial charge in [-0.1, -0.05) is 11.6 Å². The lowest BCUT2D eigenvalue weighted by atomic mass is 10.2. The highest BCUT2D eigenvalue weighted by molar-refractivity contribution is 6.31. The molecule has 0 saturated heterocycles. The van der Waals surface area contributed by atoms with Crippen LogP contribution in [0, 0.1) is 13.8 Å². The molecule has 19 heavy (non-hydrogen) atoms. The molecule has 0 aliphatic heterocycles. The van der Waals surface area contributed by atoms with Gasteiger partial charge in [0.15, 0.2) is 0 Å². The van der Waals surface area contributed by atoms with Gasteiger partial charge in [0, 0.05) is 6.54 Å². The number of aromatic nitrogens is 4. The Labute approximate surface area is 115 Å². The molecule has 0 aliphatic carbocycles. The summed E-state index contributed by atoms with van der Waals surface area (Å²) in [6.07, 6.45) is 1.35. The third-order valence-corrected chi connectivity index (χ3v) is 3.58. The van der Waals surface area contributed by atoms with Gasteiger partial charge in [-0.15, -0.1) is 0 Å². The van der Waals surface area contributed by atoms with Crippen molar-refractivity contribution < 1.29 is 9.90 Å². The molecular weight excluding hydrogens is 268 g/mol. The zero-order valence-corrected chi connectivity index (χ0v) is 11.8. The van der Waals surface area contributed by atoms with Crippen molar-refractivity contribution in [2.45, 2.75) is 33.9 Å². The van der Waals surface area contributed by atoms with Crippen LogP contribution in [0.15, 0.2) is 6.20 Å². The summed E-state index contributed by atoms with van der Waals surface area (Å²) in [5, 5.41) is 18.0. The second-order valence-corrected chi connectivity index (χ2v) is 4.65. The lowest BCUT2D eigenvalue weighted by Crippen LogP contribution is -2.11. The number of carboxylic acid groups (broad SMARTS) is 1. The van der Waals surface area contributed by atoms with Gasteiger partial charge in [0.2, 0.25) is 0 Å². The predicted octanol–water partition coefficient (Wildman–Crippen LogP) is 2.12. The Morgan fingerprint density at radius 2 is 2.11 bits per heavy atom. The average Bonchev–Trinajstić information content (AvgIpc) is 2.85. The second-order valence-electron chi connectivity index (χ2n) is 4.27. The van der Waals surface area contributed by atoms with Crippen LogP contribution in [0.1, 0.15) is 34.4 Å². The van der Waals surface area contributed by atoms with Crippen LogP contribution >= 0.6 is 11.6 Å². The van der Waals surface area contributed by atoms with E-state index < -0.39 is 5.97 Å². The zero-order chi connectivity index (χ0) is 14.2. The van der Waals surface area contributed by atoms with Gasteiger partial charge in [0.05, 0.1) is 34.8 Å². The van der Waals surface area contributed by atoms with Gasteiger partial charge in [-0.05, 0) is 20.8 Å². The van der Waals surface area contributed by atoms with Gasteiger partial charge in [0.25, 0.3) is 0 Å². The minimum Gasteiger partial charge on any atom is -0.478 e. The predicted molar refractivity (Wildman–Crippen MR) is 70.7 cm³/mol. The minimum absolute atomic E-state index is 0.204. The Morgan fingerprint density at radius 3 is 2.63 bits per heavy atom. The van der Waals surface area contributed by atoms with Crippen LogP contribution in [0.25, 0.3) is 0 Å². The van der Waals surface area contributed by atoms with E-state index in [0.717, 1.165) is 11.4 Å². The van der Waals surface area contributed by atoms with E-state index in [0.29, 0.717) is 23.8 Å². The maximum Gasteiger partial charge on any atom is 0.339 e. The summed E-state index contributed by atoms with van der Waals surface area (Å²) in [6.45, 7) is 6.66. The van der Waals surface area contributed by atoms with E-state index in [1.165, 1.54) is 6.20 Å². The molecule has 0 unspecified atom stereocenters. The molecule has 0 aliphatic rings. The topological polar surface area (TPSA) is 72.9 Å². The van der Waals surface area contributed by atoms with Gasteiger partial charge in [0.1, 0.15) is 5.56 Å². The summed E-state index contributed by atoms with van der Waals surface area (Å²) in [4.78, 5) is 11.0. The first kappa shape index (κ1) is 13.6. The number of hydrogen-bond acceptors (Lipinski definition) is 3. The summed E-state index contributed by atoms with van der Waals surface area (Å²) in [5.74, 6) is -0.977. The Morgan fingerprint density at radius 1 is 1.42 bits per heavy atom. The number of halogens is 1. The summed E-state index contributed by atoms with van der Waals surface area (Å²) in [5.41, 5.74) is 2.41. The van der Waals surface area contributed by atoms with Crippen LogP contribution in [0.4, 0.5) is 0 Å². The number of carboxylic acids is 1. The number of aromatic carboxylic acids is 1. The van der Waals surface area contributed by atoms with Gasteiger partial charge >= 0.3 is 5.97 Å². The number of rotatable bonds is 4. The largest absolute Gasteiger partial charge is 0.478 e. The molecule has 2 heterocycles. The zero-order valence-electron chi connectivity index (χ0n) is 11.0. The van der Waals surface area contributed by atoms with Crippen LogP contribution in [0.5, 0.6) is 0 Å². The highest BCUT2D eigenvalue weighted by Gasteiger charge is 2.17. The Balaban J connectivity index is 2.39. The molecule has 0 fully saturated rings. The third-order valence-electron chi connectivity index (χ3n) is 3.09. The molecule has 0 bridgehead atoms. The summed E-state index contributed by atoms with van der Waals surface area (Å²) in [7, 11) is 0. The van der Waals surface area contributed by atoms with Gasteiger partial charge in [-0.25, -0.2) is 4.79 Å². The number of carbonyl (C=O) groups is 1. The molecule has 102 valence electrons. The first-order valence-electron chi connectivity index (χ1n) is 5.93. The normalized spacial score (nSPS) is 10.9. The lowest BCUT2D eigenvalue weighted by molar-refractivity contribution is 0.0696. The molecule has 2 aromatic heterocycles. The quantitative estimate of drug-likeness (QED) is 0.932. The van der Waals surface area contributed by atoms with Gasteiger partial charge in [-0.2, -0.15) is 10.2 Å². The highest BCUT2D eigenvalue weighted by Crippen LogP contribution is 2.22. The maximum atomic E-state index is 11.0. The molecule has 0 radical (unpaired) electrons. The fraction of sp³-hybridized carbons (Fsp3) is 0.417. The van der Waals surface area contributed by atoms with E-state index in [4.69, 9.17) is 16.7 Å². The second kappa shape index (κ2) is 5.05. The van der Waals surface area contributed by atoms with E-state index in [9.17, 15) is 4.79 Å². The number of hydrogen-bond donors (Lipinski definition) is 1. The summed E-state index contributed by atoms with van der Waals surface area (Å²) >= 11 is 6.22. The lowest BCUT2D eigenvalue weighted by Gasteiger charge is -2.07. The fourth-order valence-electron chi connectivity index (χ4n) is 1.98. The van der Waals surface area contributed by atoms with Crippen LogP contribution in [-0.4, -0.2) is 30.6 Å². The third kappa shape index (κ3) is 2.35.